The van der Waals surface area contributed by atoms with Crippen molar-refractivity contribution >= 4 is 23.2 Å². The van der Waals surface area contributed by atoms with Crippen LogP contribution >= 0.6 is 23.2 Å². The molecule has 0 aliphatic rings. The quantitative estimate of drug-likeness (QED) is 0.521. The molecule has 0 aromatic heterocycles. The van der Waals surface area contributed by atoms with E-state index >= 15 is 0 Å². The number of rotatable bonds is 4. The smallest absolute Gasteiger partial charge is 0.0578 e. The van der Waals surface area contributed by atoms with E-state index in [0.717, 1.165) is 0 Å². The molecular weight excluding hydrogens is 169 g/mol. The zero-order chi connectivity index (χ0) is 7.98. The molecule has 2 N–H and O–H groups in total. The molecule has 0 fully saturated rings. The largest absolute Gasteiger partial charge is 0.324 e. The summed E-state index contributed by atoms with van der Waals surface area (Å²) in [5.41, 5.74) is 5.51. The van der Waals surface area contributed by atoms with E-state index in [4.69, 9.17) is 28.9 Å². The van der Waals surface area contributed by atoms with E-state index in [1.807, 2.05) is 0 Å². The summed E-state index contributed by atoms with van der Waals surface area (Å²) in [4.78, 5) is 0. The first-order valence-electron chi connectivity index (χ1n) is 2.99. The van der Waals surface area contributed by atoms with Crippen LogP contribution in [0.5, 0.6) is 0 Å². The van der Waals surface area contributed by atoms with Crippen LogP contribution in [0, 0.1) is 0 Å². The number of halogens is 2. The summed E-state index contributed by atoms with van der Waals surface area (Å²) in [5.74, 6) is 0.353. The van der Waals surface area contributed by atoms with Crippen LogP contribution in [-0.2, 0) is 0 Å². The zero-order valence-corrected chi connectivity index (χ0v) is 7.20. The molecule has 3 heteroatoms. The number of nitrogens with two attached hydrogens (primary N) is 1. The van der Waals surface area contributed by atoms with Crippen LogP contribution in [0.25, 0.3) is 0 Å². The summed E-state index contributed by atoms with van der Waals surface area (Å²) in [6, 6.07) is -0.0167. The van der Waals surface area contributed by atoms with E-state index < -0.39 is 0 Å². The molecule has 0 aliphatic carbocycles. The topological polar surface area (TPSA) is 26.0 Å². The molecule has 1 atom stereocenters. The van der Waals surface area contributed by atoms with Gasteiger partial charge in [0.15, 0.2) is 0 Å². The van der Waals surface area contributed by atoms with Crippen LogP contribution in [0.15, 0.2) is 23.8 Å². The maximum absolute atomic E-state index is 5.61. The molecule has 0 saturated carbocycles. The maximum atomic E-state index is 5.61. The van der Waals surface area contributed by atoms with Crippen molar-refractivity contribution < 1.29 is 0 Å². The normalized spacial score (nSPS) is 14.9. The highest BCUT2D eigenvalue weighted by molar-refractivity contribution is 6.35. The van der Waals surface area contributed by atoms with Gasteiger partial charge in [0.05, 0.1) is 5.88 Å². The lowest BCUT2D eigenvalue weighted by atomic mass is 10.2. The Hall–Kier alpha value is 0.0200. The molecule has 58 valence electrons. The summed E-state index contributed by atoms with van der Waals surface area (Å²) < 4.78 is 0. The SMILES string of the molecule is C=CC(N)C/C=C(/Cl)CCl. The number of hydrogen-bond donors (Lipinski definition) is 1. The second-order valence-electron chi connectivity index (χ2n) is 1.92. The van der Waals surface area contributed by atoms with Crippen molar-refractivity contribution in [2.75, 3.05) is 5.88 Å². The third-order valence-electron chi connectivity index (χ3n) is 1.04. The lowest BCUT2D eigenvalue weighted by molar-refractivity contribution is 0.834. The fraction of sp³-hybridized carbons (Fsp3) is 0.429. The highest BCUT2D eigenvalue weighted by Gasteiger charge is 1.93. The average molecular weight is 180 g/mol. The summed E-state index contributed by atoms with van der Waals surface area (Å²) in [7, 11) is 0. The number of alkyl halides is 1. The van der Waals surface area contributed by atoms with Crippen molar-refractivity contribution in [2.45, 2.75) is 12.5 Å². The molecule has 10 heavy (non-hydrogen) atoms. The molecule has 0 radical (unpaired) electrons. The summed E-state index contributed by atoms with van der Waals surface area (Å²) in [6.07, 6.45) is 4.19. The van der Waals surface area contributed by atoms with Crippen LogP contribution in [0.1, 0.15) is 6.42 Å². The minimum atomic E-state index is -0.0167. The Balaban J connectivity index is 3.60. The second-order valence-corrected chi connectivity index (χ2v) is 2.67. The van der Waals surface area contributed by atoms with E-state index in [1.165, 1.54) is 0 Å². The third-order valence-corrected chi connectivity index (χ3v) is 1.75. The zero-order valence-electron chi connectivity index (χ0n) is 5.69. The van der Waals surface area contributed by atoms with Crippen molar-refractivity contribution in [2.24, 2.45) is 5.73 Å². The molecule has 0 aromatic carbocycles. The molecule has 0 bridgehead atoms. The predicted octanol–water partition coefficient (Wildman–Crippen LogP) is 2.25. The lowest BCUT2D eigenvalue weighted by Crippen LogP contribution is -2.14. The van der Waals surface area contributed by atoms with Gasteiger partial charge in [0.2, 0.25) is 0 Å². The Labute approximate surface area is 71.5 Å². The molecule has 1 nitrogen and oxygen atoms in total. The Morgan fingerprint density at radius 1 is 1.70 bits per heavy atom. The van der Waals surface area contributed by atoms with Crippen LogP contribution in [0.3, 0.4) is 0 Å². The highest BCUT2D eigenvalue weighted by atomic mass is 35.5. The van der Waals surface area contributed by atoms with Gasteiger partial charge >= 0.3 is 0 Å². The molecule has 0 amide bonds. The fourth-order valence-corrected chi connectivity index (χ4v) is 0.613. The molecular formula is C7H11Cl2N. The molecule has 0 aliphatic heterocycles. The van der Waals surface area contributed by atoms with Gasteiger partial charge < -0.3 is 5.73 Å². The average Bonchev–Trinajstić information content (AvgIpc) is 1.99. The van der Waals surface area contributed by atoms with Crippen molar-refractivity contribution in [3.8, 4) is 0 Å². The second kappa shape index (κ2) is 5.78. The van der Waals surface area contributed by atoms with Gasteiger partial charge in [-0.2, -0.15) is 0 Å². The van der Waals surface area contributed by atoms with Gasteiger partial charge in [-0.3, -0.25) is 0 Å². The fourth-order valence-electron chi connectivity index (χ4n) is 0.415. The predicted molar refractivity (Wildman–Crippen MR) is 47.4 cm³/mol. The van der Waals surface area contributed by atoms with Gasteiger partial charge in [0.25, 0.3) is 0 Å². The molecule has 0 saturated heterocycles. The van der Waals surface area contributed by atoms with Crippen LogP contribution in [0.4, 0.5) is 0 Å². The van der Waals surface area contributed by atoms with Gasteiger partial charge in [0, 0.05) is 11.1 Å². The van der Waals surface area contributed by atoms with E-state index in [1.54, 1.807) is 12.2 Å². The van der Waals surface area contributed by atoms with E-state index in [9.17, 15) is 0 Å². The summed E-state index contributed by atoms with van der Waals surface area (Å²) >= 11 is 11.0. The van der Waals surface area contributed by atoms with E-state index in [-0.39, 0.29) is 6.04 Å². The monoisotopic (exact) mass is 179 g/mol. The van der Waals surface area contributed by atoms with Gasteiger partial charge in [-0.1, -0.05) is 23.8 Å². The first-order valence-corrected chi connectivity index (χ1v) is 3.90. The third kappa shape index (κ3) is 4.86. The Morgan fingerprint density at radius 3 is 2.70 bits per heavy atom. The molecule has 0 heterocycles. The van der Waals surface area contributed by atoms with Crippen LogP contribution < -0.4 is 5.73 Å². The van der Waals surface area contributed by atoms with Gasteiger partial charge in [-0.05, 0) is 6.42 Å². The molecule has 0 rings (SSSR count). The summed E-state index contributed by atoms with van der Waals surface area (Å²) in [5, 5.41) is 0.638. The van der Waals surface area contributed by atoms with Gasteiger partial charge in [-0.25, -0.2) is 0 Å². The Kier molecular flexibility index (Phi) is 5.79. The summed E-state index contributed by atoms with van der Waals surface area (Å²) in [6.45, 7) is 3.53. The van der Waals surface area contributed by atoms with E-state index in [2.05, 4.69) is 6.58 Å². The Bertz CT molecular complexity index is 132. The first-order chi connectivity index (χ1) is 4.70. The van der Waals surface area contributed by atoms with E-state index in [0.29, 0.717) is 17.3 Å². The van der Waals surface area contributed by atoms with Crippen LogP contribution in [0.2, 0.25) is 0 Å². The van der Waals surface area contributed by atoms with Crippen LogP contribution in [-0.4, -0.2) is 11.9 Å². The number of allylic oxidation sites excluding steroid dienone is 1. The Morgan fingerprint density at radius 2 is 2.30 bits per heavy atom. The van der Waals surface area contributed by atoms with Crippen molar-refractivity contribution in [1.82, 2.24) is 0 Å². The number of hydrogen-bond acceptors (Lipinski definition) is 1. The molecule has 1 unspecified atom stereocenters. The molecule has 0 spiro atoms. The maximum Gasteiger partial charge on any atom is 0.0578 e. The van der Waals surface area contributed by atoms with Gasteiger partial charge in [0.1, 0.15) is 0 Å². The lowest BCUT2D eigenvalue weighted by Gasteiger charge is -1.99. The van der Waals surface area contributed by atoms with Crippen molar-refractivity contribution in [3.05, 3.63) is 23.8 Å². The van der Waals surface area contributed by atoms with Gasteiger partial charge in [-0.15, -0.1) is 18.2 Å². The minimum Gasteiger partial charge on any atom is -0.324 e. The standard InChI is InChI=1S/C7H11Cl2N/c1-2-7(10)4-3-6(9)5-8/h2-3,7H,1,4-5,10H2/b6-3+. The van der Waals surface area contributed by atoms with Crippen molar-refractivity contribution in [3.63, 3.8) is 0 Å². The van der Waals surface area contributed by atoms with Crippen molar-refractivity contribution in [1.29, 1.82) is 0 Å². The first kappa shape index (κ1) is 10.0. The molecule has 0 aromatic rings. The minimum absolute atomic E-state index is 0.0167. The highest BCUT2D eigenvalue weighted by Crippen LogP contribution is 2.05.